The van der Waals surface area contributed by atoms with E-state index in [0.29, 0.717) is 25.3 Å². The first-order chi connectivity index (χ1) is 10.7. The minimum Gasteiger partial charge on any atom is -0.380 e. The Bertz CT molecular complexity index is 652. The first-order valence-electron chi connectivity index (χ1n) is 7.09. The van der Waals surface area contributed by atoms with E-state index >= 15 is 0 Å². The van der Waals surface area contributed by atoms with E-state index in [9.17, 15) is 9.18 Å². The van der Waals surface area contributed by atoms with Crippen molar-refractivity contribution in [2.24, 2.45) is 0 Å². The number of thiophene rings is 1. The molecule has 1 N–H and O–H groups in total. The highest BCUT2D eigenvalue weighted by Crippen LogP contribution is 2.30. The van der Waals surface area contributed by atoms with Gasteiger partial charge in [0.25, 0.3) is 0 Å². The molecule has 1 heterocycles. The number of benzene rings is 1. The molecule has 1 aromatic carbocycles. The van der Waals surface area contributed by atoms with Gasteiger partial charge in [-0.2, -0.15) is 0 Å². The van der Waals surface area contributed by atoms with Crippen LogP contribution in [0.5, 0.6) is 0 Å². The second-order valence-corrected chi connectivity index (χ2v) is 5.62. The third kappa shape index (κ3) is 4.79. The second-order valence-electron chi connectivity index (χ2n) is 4.50. The number of ether oxygens (including phenoxy) is 1. The predicted molar refractivity (Wildman–Crippen MR) is 88.2 cm³/mol. The van der Waals surface area contributed by atoms with Gasteiger partial charge in [-0.05, 0) is 31.2 Å². The molecule has 116 valence electrons. The highest BCUT2D eigenvalue weighted by molar-refractivity contribution is 7.16. The van der Waals surface area contributed by atoms with E-state index in [2.05, 4.69) is 5.32 Å². The lowest BCUT2D eigenvalue weighted by Crippen LogP contribution is -2.25. The van der Waals surface area contributed by atoms with Crippen molar-refractivity contribution in [2.75, 3.05) is 19.8 Å². The molecule has 0 bridgehead atoms. The number of carbonyl (C=O) groups excluding carboxylic acids is 1. The molecule has 0 saturated heterocycles. The van der Waals surface area contributed by atoms with Crippen LogP contribution in [0.4, 0.5) is 4.39 Å². The minimum absolute atomic E-state index is 0.166. The summed E-state index contributed by atoms with van der Waals surface area (Å²) in [6.45, 7) is 3.54. The number of nitrogens with one attached hydrogen (secondary N) is 1. The van der Waals surface area contributed by atoms with E-state index < -0.39 is 0 Å². The van der Waals surface area contributed by atoms with Gasteiger partial charge in [0.05, 0.1) is 6.61 Å². The molecular weight excluding hydrogens is 301 g/mol. The number of rotatable bonds is 7. The van der Waals surface area contributed by atoms with E-state index in [1.165, 1.54) is 23.5 Å². The van der Waals surface area contributed by atoms with Crippen molar-refractivity contribution in [3.05, 3.63) is 53.2 Å². The highest BCUT2D eigenvalue weighted by Gasteiger charge is 2.06. The number of carbonyl (C=O) groups is 1. The van der Waals surface area contributed by atoms with E-state index in [-0.39, 0.29) is 11.7 Å². The molecule has 0 aliphatic carbocycles. The molecule has 0 aliphatic heterocycles. The van der Waals surface area contributed by atoms with Crippen LogP contribution < -0.4 is 5.32 Å². The Morgan fingerprint density at radius 3 is 2.91 bits per heavy atom. The van der Waals surface area contributed by atoms with Crippen molar-refractivity contribution < 1.29 is 13.9 Å². The van der Waals surface area contributed by atoms with E-state index in [0.717, 1.165) is 9.75 Å². The number of amides is 1. The van der Waals surface area contributed by atoms with Gasteiger partial charge in [-0.15, -0.1) is 11.3 Å². The fraction of sp³-hybridized carbons (Fsp3) is 0.235. The van der Waals surface area contributed by atoms with Gasteiger partial charge >= 0.3 is 0 Å². The fourth-order valence-corrected chi connectivity index (χ4v) is 2.79. The van der Waals surface area contributed by atoms with E-state index in [4.69, 9.17) is 4.74 Å². The Labute approximate surface area is 133 Å². The SMILES string of the molecule is CCOCCNC(=O)C=Cc1ccc(-c2ccccc2F)s1. The summed E-state index contributed by atoms with van der Waals surface area (Å²) in [5.41, 5.74) is 0.577. The molecule has 2 aromatic rings. The quantitative estimate of drug-likeness (QED) is 0.624. The third-order valence-corrected chi connectivity index (χ3v) is 4.00. The van der Waals surface area contributed by atoms with Gasteiger partial charge in [0, 0.05) is 34.5 Å². The van der Waals surface area contributed by atoms with Crippen LogP contribution in [-0.2, 0) is 9.53 Å². The molecule has 2 rings (SSSR count). The van der Waals surface area contributed by atoms with Gasteiger partial charge in [0.2, 0.25) is 5.91 Å². The molecule has 0 spiro atoms. The van der Waals surface area contributed by atoms with Crippen molar-refractivity contribution in [3.63, 3.8) is 0 Å². The average Bonchev–Trinajstić information content (AvgIpc) is 2.99. The molecule has 0 aliphatic rings. The topological polar surface area (TPSA) is 38.3 Å². The summed E-state index contributed by atoms with van der Waals surface area (Å²) < 4.78 is 18.9. The van der Waals surface area contributed by atoms with Crippen LogP contribution in [-0.4, -0.2) is 25.7 Å². The van der Waals surface area contributed by atoms with Gasteiger partial charge in [0.15, 0.2) is 0 Å². The molecular formula is C17H18FNO2S. The maximum absolute atomic E-state index is 13.7. The molecule has 0 radical (unpaired) electrons. The molecule has 5 heteroatoms. The van der Waals surface area contributed by atoms with Crippen molar-refractivity contribution in [1.29, 1.82) is 0 Å². The lowest BCUT2D eigenvalue weighted by molar-refractivity contribution is -0.116. The third-order valence-electron chi connectivity index (χ3n) is 2.91. The van der Waals surface area contributed by atoms with Gasteiger partial charge in [0.1, 0.15) is 5.82 Å². The maximum atomic E-state index is 13.7. The van der Waals surface area contributed by atoms with Gasteiger partial charge in [-0.1, -0.05) is 18.2 Å². The average molecular weight is 319 g/mol. The van der Waals surface area contributed by atoms with Crippen LogP contribution in [0.15, 0.2) is 42.5 Å². The summed E-state index contributed by atoms with van der Waals surface area (Å²) in [6, 6.07) is 10.4. The summed E-state index contributed by atoms with van der Waals surface area (Å²) in [4.78, 5) is 13.3. The maximum Gasteiger partial charge on any atom is 0.244 e. The molecule has 0 unspecified atom stereocenters. The normalized spacial score (nSPS) is 11.0. The first-order valence-corrected chi connectivity index (χ1v) is 7.90. The highest BCUT2D eigenvalue weighted by atomic mass is 32.1. The Morgan fingerprint density at radius 1 is 1.32 bits per heavy atom. The fourth-order valence-electron chi connectivity index (χ4n) is 1.86. The molecule has 0 saturated carbocycles. The van der Waals surface area contributed by atoms with Crippen LogP contribution in [0.1, 0.15) is 11.8 Å². The molecule has 0 atom stereocenters. The van der Waals surface area contributed by atoms with Crippen LogP contribution >= 0.6 is 11.3 Å². The molecule has 22 heavy (non-hydrogen) atoms. The minimum atomic E-state index is -0.242. The van der Waals surface area contributed by atoms with Gasteiger partial charge < -0.3 is 10.1 Å². The predicted octanol–water partition coefficient (Wildman–Crippen LogP) is 3.72. The monoisotopic (exact) mass is 319 g/mol. The smallest absolute Gasteiger partial charge is 0.244 e. The van der Waals surface area contributed by atoms with Crippen molar-refractivity contribution in [3.8, 4) is 10.4 Å². The standard InChI is InChI=1S/C17H18FNO2S/c1-2-21-12-11-19-17(20)10-8-13-7-9-16(22-13)14-5-3-4-6-15(14)18/h3-10H,2,11-12H2,1H3,(H,19,20). The van der Waals surface area contributed by atoms with Crippen LogP contribution in [0.25, 0.3) is 16.5 Å². The second kappa shape index (κ2) is 8.46. The summed E-state index contributed by atoms with van der Waals surface area (Å²) in [7, 11) is 0. The number of hydrogen-bond donors (Lipinski definition) is 1. The zero-order valence-electron chi connectivity index (χ0n) is 12.3. The zero-order valence-corrected chi connectivity index (χ0v) is 13.2. The molecule has 1 aromatic heterocycles. The van der Waals surface area contributed by atoms with Crippen molar-refractivity contribution >= 4 is 23.3 Å². The first kappa shape index (κ1) is 16.4. The van der Waals surface area contributed by atoms with Crippen LogP contribution in [0.3, 0.4) is 0 Å². The van der Waals surface area contributed by atoms with Gasteiger partial charge in [-0.25, -0.2) is 4.39 Å². The largest absolute Gasteiger partial charge is 0.380 e. The van der Waals surface area contributed by atoms with Crippen molar-refractivity contribution in [2.45, 2.75) is 6.92 Å². The van der Waals surface area contributed by atoms with Crippen LogP contribution in [0.2, 0.25) is 0 Å². The number of hydrogen-bond acceptors (Lipinski definition) is 3. The Morgan fingerprint density at radius 2 is 2.14 bits per heavy atom. The summed E-state index contributed by atoms with van der Waals surface area (Å²) in [6.07, 6.45) is 3.20. The summed E-state index contributed by atoms with van der Waals surface area (Å²) >= 11 is 1.44. The summed E-state index contributed by atoms with van der Waals surface area (Å²) in [5, 5.41) is 2.73. The Hall–Kier alpha value is -1.98. The lowest BCUT2D eigenvalue weighted by atomic mass is 10.2. The van der Waals surface area contributed by atoms with E-state index in [1.54, 1.807) is 24.3 Å². The molecule has 0 fully saturated rings. The number of halogens is 1. The van der Waals surface area contributed by atoms with Crippen LogP contribution in [0, 0.1) is 5.82 Å². The summed E-state index contributed by atoms with van der Waals surface area (Å²) in [5.74, 6) is -0.408. The molecule has 1 amide bonds. The lowest BCUT2D eigenvalue weighted by Gasteiger charge is -2.01. The van der Waals surface area contributed by atoms with E-state index in [1.807, 2.05) is 19.1 Å². The van der Waals surface area contributed by atoms with Gasteiger partial charge in [-0.3, -0.25) is 4.79 Å². The molecule has 3 nitrogen and oxygen atoms in total. The Kier molecular flexibility index (Phi) is 6.30. The van der Waals surface area contributed by atoms with Crippen molar-refractivity contribution in [1.82, 2.24) is 5.32 Å². The Balaban J connectivity index is 1.93. The zero-order chi connectivity index (χ0) is 15.8.